The Kier molecular flexibility index (Phi) is 3.15. The van der Waals surface area contributed by atoms with Gasteiger partial charge in [0.25, 0.3) is 0 Å². The van der Waals surface area contributed by atoms with Gasteiger partial charge in [-0.1, -0.05) is 42.1 Å². The van der Waals surface area contributed by atoms with Crippen LogP contribution >= 0.6 is 0 Å². The fraction of sp³-hybridized carbons (Fsp3) is 0.154. The molecule has 0 aliphatic carbocycles. The standard InChI is InChI=1S/C13H14FNSi/c1-15-10-6-9-12(13(15)14)16(2)11-7-4-3-5-8-11/h3-10H,1-2H3/q+1. The molecule has 0 unspecified atom stereocenters. The van der Waals surface area contributed by atoms with Gasteiger partial charge in [0.15, 0.2) is 6.20 Å². The van der Waals surface area contributed by atoms with Crippen LogP contribution in [0.15, 0.2) is 48.7 Å². The minimum absolute atomic E-state index is 0.122. The lowest BCUT2D eigenvalue weighted by molar-refractivity contribution is -0.699. The van der Waals surface area contributed by atoms with E-state index in [0.717, 1.165) is 5.19 Å². The van der Waals surface area contributed by atoms with Crippen LogP contribution in [0.2, 0.25) is 6.55 Å². The second kappa shape index (κ2) is 4.57. The number of nitrogens with zero attached hydrogens (tertiary/aromatic N) is 1. The minimum Gasteiger partial charge on any atom is -0.177 e. The molecule has 2 rings (SSSR count). The number of halogens is 1. The summed E-state index contributed by atoms with van der Waals surface area (Å²) in [5.74, 6) is -0.122. The van der Waals surface area contributed by atoms with Crippen molar-refractivity contribution in [3.63, 3.8) is 0 Å². The molecule has 1 aromatic carbocycles. The normalized spacial score (nSPS) is 10.8. The van der Waals surface area contributed by atoms with Gasteiger partial charge in [-0.15, -0.1) is 4.39 Å². The summed E-state index contributed by atoms with van der Waals surface area (Å²) >= 11 is 0. The smallest absolute Gasteiger partial charge is 0.177 e. The van der Waals surface area contributed by atoms with Gasteiger partial charge in [0.1, 0.15) is 15.8 Å². The highest BCUT2D eigenvalue weighted by molar-refractivity contribution is 6.84. The Morgan fingerprint density at radius 2 is 1.75 bits per heavy atom. The monoisotopic (exact) mass is 231 g/mol. The summed E-state index contributed by atoms with van der Waals surface area (Å²) in [5.41, 5.74) is 0. The summed E-state index contributed by atoms with van der Waals surface area (Å²) in [6.45, 7) is 2.12. The first kappa shape index (κ1) is 11.0. The predicted molar refractivity (Wildman–Crippen MR) is 64.9 cm³/mol. The van der Waals surface area contributed by atoms with Gasteiger partial charge in [0, 0.05) is 11.3 Å². The van der Waals surface area contributed by atoms with Gasteiger partial charge in [-0.3, -0.25) is 0 Å². The fourth-order valence-corrected chi connectivity index (χ4v) is 3.55. The van der Waals surface area contributed by atoms with Crippen molar-refractivity contribution in [2.75, 3.05) is 0 Å². The van der Waals surface area contributed by atoms with Gasteiger partial charge in [-0.05, 0) is 6.07 Å². The molecule has 0 aliphatic heterocycles. The lowest BCUT2D eigenvalue weighted by Gasteiger charge is -2.08. The predicted octanol–water partition coefficient (Wildman–Crippen LogP) is 0.889. The first-order chi connectivity index (χ1) is 7.70. The molecule has 0 spiro atoms. The van der Waals surface area contributed by atoms with Crippen LogP contribution in [0.3, 0.4) is 0 Å². The average Bonchev–Trinajstić information content (AvgIpc) is 2.33. The highest BCUT2D eigenvalue weighted by Gasteiger charge is 2.20. The molecule has 81 valence electrons. The van der Waals surface area contributed by atoms with Crippen molar-refractivity contribution in [1.82, 2.24) is 0 Å². The molecule has 1 radical (unpaired) electrons. The Labute approximate surface area is 96.8 Å². The molecule has 0 aliphatic rings. The van der Waals surface area contributed by atoms with E-state index in [0.29, 0.717) is 0 Å². The van der Waals surface area contributed by atoms with E-state index in [4.69, 9.17) is 0 Å². The van der Waals surface area contributed by atoms with E-state index in [2.05, 4.69) is 18.7 Å². The number of pyridine rings is 1. The second-order valence-corrected chi connectivity index (χ2v) is 6.18. The lowest BCUT2D eigenvalue weighted by Crippen LogP contribution is -2.48. The molecule has 16 heavy (non-hydrogen) atoms. The summed E-state index contributed by atoms with van der Waals surface area (Å²) < 4.78 is 15.5. The van der Waals surface area contributed by atoms with Crippen LogP contribution in [0, 0.1) is 5.95 Å². The zero-order chi connectivity index (χ0) is 11.5. The summed E-state index contributed by atoms with van der Waals surface area (Å²) in [7, 11) is 0.742. The van der Waals surface area contributed by atoms with Gasteiger partial charge in [-0.2, -0.15) is 4.57 Å². The molecule has 1 nitrogen and oxygen atoms in total. The first-order valence-electron chi connectivity index (χ1n) is 5.23. The van der Waals surface area contributed by atoms with Crippen molar-refractivity contribution in [3.05, 3.63) is 54.6 Å². The third kappa shape index (κ3) is 2.04. The lowest BCUT2D eigenvalue weighted by atomic mass is 10.4. The van der Waals surface area contributed by atoms with Crippen LogP contribution in [0.5, 0.6) is 0 Å². The Morgan fingerprint density at radius 3 is 2.44 bits per heavy atom. The number of rotatable bonds is 2. The molecule has 0 N–H and O–H groups in total. The van der Waals surface area contributed by atoms with Gasteiger partial charge in [0.05, 0.1) is 0 Å². The SMILES string of the molecule is C[n+]1cccc([Si](C)c2ccccc2)c1F. The van der Waals surface area contributed by atoms with E-state index >= 15 is 0 Å². The second-order valence-electron chi connectivity index (χ2n) is 3.81. The highest BCUT2D eigenvalue weighted by Crippen LogP contribution is 1.93. The maximum atomic E-state index is 13.9. The summed E-state index contributed by atoms with van der Waals surface area (Å²) in [6.07, 6.45) is 1.74. The quantitative estimate of drug-likeness (QED) is 0.410. The molecule has 1 heterocycles. The Hall–Kier alpha value is -1.48. The van der Waals surface area contributed by atoms with Gasteiger partial charge in [0.2, 0.25) is 0 Å². The highest BCUT2D eigenvalue weighted by atomic mass is 28.3. The van der Waals surface area contributed by atoms with Crippen molar-refractivity contribution in [2.45, 2.75) is 6.55 Å². The Balaban J connectivity index is 2.42. The van der Waals surface area contributed by atoms with Crippen LogP contribution in [0.1, 0.15) is 0 Å². The molecule has 2 aromatic rings. The summed E-state index contributed by atoms with van der Waals surface area (Å²) in [4.78, 5) is 0. The van der Waals surface area contributed by atoms with Crippen molar-refractivity contribution in [1.29, 1.82) is 0 Å². The molecule has 0 saturated heterocycles. The van der Waals surface area contributed by atoms with E-state index in [1.54, 1.807) is 13.2 Å². The van der Waals surface area contributed by atoms with Crippen molar-refractivity contribution in [3.8, 4) is 0 Å². The number of hydrogen-bond acceptors (Lipinski definition) is 0. The average molecular weight is 231 g/mol. The van der Waals surface area contributed by atoms with Gasteiger partial charge < -0.3 is 0 Å². The summed E-state index contributed by atoms with van der Waals surface area (Å²) in [5, 5.41) is 2.07. The van der Waals surface area contributed by atoms with E-state index < -0.39 is 8.80 Å². The van der Waals surface area contributed by atoms with Crippen molar-refractivity contribution >= 4 is 19.2 Å². The van der Waals surface area contributed by atoms with Gasteiger partial charge >= 0.3 is 5.95 Å². The molecule has 0 saturated carbocycles. The van der Waals surface area contributed by atoms with Crippen molar-refractivity contribution in [2.24, 2.45) is 7.05 Å². The number of benzene rings is 1. The summed E-state index contributed by atoms with van der Waals surface area (Å²) in [6, 6.07) is 13.9. The van der Waals surface area contributed by atoms with E-state index in [1.807, 2.05) is 30.3 Å². The molecular formula is C13H14FNSi+. The largest absolute Gasteiger partial charge is 0.358 e. The molecule has 3 heteroatoms. The van der Waals surface area contributed by atoms with E-state index in [-0.39, 0.29) is 5.95 Å². The van der Waals surface area contributed by atoms with Crippen LogP contribution in [0.4, 0.5) is 4.39 Å². The Bertz CT molecular complexity index is 485. The molecular weight excluding hydrogens is 217 g/mol. The Morgan fingerprint density at radius 1 is 1.06 bits per heavy atom. The number of aromatic nitrogens is 1. The maximum Gasteiger partial charge on any atom is 0.358 e. The zero-order valence-corrected chi connectivity index (χ0v) is 10.4. The third-order valence-electron chi connectivity index (χ3n) is 2.72. The topological polar surface area (TPSA) is 3.88 Å². The van der Waals surface area contributed by atoms with Crippen LogP contribution in [-0.4, -0.2) is 8.80 Å². The fourth-order valence-electron chi connectivity index (χ4n) is 1.72. The molecule has 0 bridgehead atoms. The van der Waals surface area contributed by atoms with Crippen molar-refractivity contribution < 1.29 is 8.96 Å². The maximum absolute atomic E-state index is 13.9. The van der Waals surface area contributed by atoms with Crippen LogP contribution in [0.25, 0.3) is 0 Å². The molecule has 0 fully saturated rings. The molecule has 0 atom stereocenters. The zero-order valence-electron chi connectivity index (χ0n) is 9.44. The van der Waals surface area contributed by atoms with Gasteiger partial charge in [-0.25, -0.2) is 0 Å². The third-order valence-corrected chi connectivity index (χ3v) is 5.10. The number of aryl methyl sites for hydroxylation is 1. The number of hydrogen-bond donors (Lipinski definition) is 0. The van der Waals surface area contributed by atoms with Crippen LogP contribution in [-0.2, 0) is 7.05 Å². The molecule has 0 amide bonds. The van der Waals surface area contributed by atoms with E-state index in [9.17, 15) is 4.39 Å². The van der Waals surface area contributed by atoms with Crippen LogP contribution < -0.4 is 14.9 Å². The molecule has 1 aromatic heterocycles. The first-order valence-corrected chi connectivity index (χ1v) is 7.23. The minimum atomic E-state index is -0.993. The van der Waals surface area contributed by atoms with E-state index in [1.165, 1.54) is 9.75 Å².